The van der Waals surface area contributed by atoms with Gasteiger partial charge in [-0.1, -0.05) is 6.92 Å². The van der Waals surface area contributed by atoms with E-state index < -0.39 is 6.04 Å². The summed E-state index contributed by atoms with van der Waals surface area (Å²) in [5.74, 6) is 5.45. The number of benzene rings is 2. The first kappa shape index (κ1) is 17.5. The van der Waals surface area contributed by atoms with Crippen molar-refractivity contribution in [2.45, 2.75) is 26.3 Å². The van der Waals surface area contributed by atoms with Crippen molar-refractivity contribution in [3.05, 3.63) is 64.9 Å². The van der Waals surface area contributed by atoms with E-state index in [2.05, 4.69) is 17.3 Å². The minimum atomic E-state index is -0.467. The zero-order chi connectivity index (χ0) is 18.7. The maximum atomic E-state index is 11.7. The number of nitrogens with one attached hydrogen (secondary N) is 1. The topological polar surface area (TPSA) is 107 Å². The van der Waals surface area contributed by atoms with Gasteiger partial charge in [-0.3, -0.25) is 0 Å². The van der Waals surface area contributed by atoms with Gasteiger partial charge in [0.2, 0.25) is 0 Å². The number of hydrazone groups is 1. The SMILES string of the molecule is CCc1cc(C(C=O)Nc2ccc(/C(N)=N/N)cc2)cc2c(C)coc12. The van der Waals surface area contributed by atoms with Crippen molar-refractivity contribution in [3.63, 3.8) is 0 Å². The van der Waals surface area contributed by atoms with Crippen LogP contribution in [0.1, 0.15) is 35.2 Å². The molecule has 0 saturated carbocycles. The number of furan rings is 1. The highest BCUT2D eigenvalue weighted by Gasteiger charge is 2.16. The second-order valence-corrected chi connectivity index (χ2v) is 6.18. The van der Waals surface area contributed by atoms with Crippen LogP contribution in [0.5, 0.6) is 0 Å². The Bertz CT molecular complexity index is 958. The monoisotopic (exact) mass is 350 g/mol. The van der Waals surface area contributed by atoms with Gasteiger partial charge in [0, 0.05) is 16.6 Å². The maximum absolute atomic E-state index is 11.7. The number of nitrogens with two attached hydrogens (primary N) is 2. The molecule has 1 unspecified atom stereocenters. The standard InChI is InChI=1S/C20H22N4O2/c1-3-13-8-15(9-17-12(2)11-26-19(13)17)18(10-25)23-16-6-4-14(5-7-16)20(21)24-22/h4-11,18,23H,3,22H2,1-2H3,(H2,21,24). The van der Waals surface area contributed by atoms with E-state index in [1.807, 2.05) is 31.2 Å². The summed E-state index contributed by atoms with van der Waals surface area (Å²) in [5, 5.41) is 7.76. The second-order valence-electron chi connectivity index (χ2n) is 6.18. The number of anilines is 1. The molecule has 3 aromatic rings. The van der Waals surface area contributed by atoms with Gasteiger partial charge in [-0.05, 0) is 66.4 Å². The first-order valence-corrected chi connectivity index (χ1v) is 8.43. The lowest BCUT2D eigenvalue weighted by molar-refractivity contribution is -0.108. The summed E-state index contributed by atoms with van der Waals surface area (Å²) in [5.41, 5.74) is 11.2. The normalized spacial score (nSPS) is 12.9. The molecule has 26 heavy (non-hydrogen) atoms. The Balaban J connectivity index is 1.92. The third-order valence-electron chi connectivity index (χ3n) is 4.48. The van der Waals surface area contributed by atoms with Crippen molar-refractivity contribution in [2.75, 3.05) is 5.32 Å². The quantitative estimate of drug-likeness (QED) is 0.208. The van der Waals surface area contributed by atoms with E-state index in [0.717, 1.165) is 51.6 Å². The predicted molar refractivity (Wildman–Crippen MR) is 104 cm³/mol. The summed E-state index contributed by atoms with van der Waals surface area (Å²) in [4.78, 5) is 11.7. The largest absolute Gasteiger partial charge is 0.464 e. The zero-order valence-electron chi connectivity index (χ0n) is 14.8. The molecule has 0 amide bonds. The third-order valence-corrected chi connectivity index (χ3v) is 4.48. The molecule has 0 bridgehead atoms. The molecule has 6 heteroatoms. The molecule has 1 atom stereocenters. The molecule has 1 aromatic heterocycles. The second kappa shape index (κ2) is 7.31. The Labute approximate surface area is 151 Å². The molecule has 0 spiro atoms. The van der Waals surface area contributed by atoms with E-state index >= 15 is 0 Å². The van der Waals surface area contributed by atoms with Crippen LogP contribution in [0.15, 0.2) is 52.2 Å². The highest BCUT2D eigenvalue weighted by Crippen LogP contribution is 2.29. The number of rotatable bonds is 6. The maximum Gasteiger partial charge on any atom is 0.150 e. The van der Waals surface area contributed by atoms with Gasteiger partial charge >= 0.3 is 0 Å². The van der Waals surface area contributed by atoms with Crippen LogP contribution in [0.25, 0.3) is 11.0 Å². The van der Waals surface area contributed by atoms with Gasteiger partial charge in [0.25, 0.3) is 0 Å². The first-order valence-electron chi connectivity index (χ1n) is 8.43. The molecule has 0 fully saturated rings. The summed E-state index contributed by atoms with van der Waals surface area (Å²) in [6.07, 6.45) is 3.48. The lowest BCUT2D eigenvalue weighted by Gasteiger charge is -2.16. The molecule has 1 heterocycles. The van der Waals surface area contributed by atoms with Gasteiger partial charge < -0.3 is 26.1 Å². The molecule has 2 aromatic carbocycles. The smallest absolute Gasteiger partial charge is 0.150 e. The lowest BCUT2D eigenvalue weighted by atomic mass is 9.99. The van der Waals surface area contributed by atoms with Crippen LogP contribution in [0.2, 0.25) is 0 Å². The van der Waals surface area contributed by atoms with E-state index in [-0.39, 0.29) is 5.84 Å². The lowest BCUT2D eigenvalue weighted by Crippen LogP contribution is -2.16. The van der Waals surface area contributed by atoms with Crippen molar-refractivity contribution < 1.29 is 9.21 Å². The molecular weight excluding hydrogens is 328 g/mol. The Morgan fingerprint density at radius 3 is 2.65 bits per heavy atom. The zero-order valence-corrected chi connectivity index (χ0v) is 14.8. The van der Waals surface area contributed by atoms with Crippen molar-refractivity contribution in [2.24, 2.45) is 16.7 Å². The van der Waals surface area contributed by atoms with E-state index in [9.17, 15) is 4.79 Å². The Morgan fingerprint density at radius 2 is 2.04 bits per heavy atom. The number of fused-ring (bicyclic) bond motifs is 1. The van der Waals surface area contributed by atoms with Crippen LogP contribution in [0.4, 0.5) is 5.69 Å². The van der Waals surface area contributed by atoms with Gasteiger partial charge in [-0.2, -0.15) is 5.10 Å². The molecule has 134 valence electrons. The van der Waals surface area contributed by atoms with Crippen molar-refractivity contribution in [3.8, 4) is 0 Å². The van der Waals surface area contributed by atoms with Gasteiger partial charge in [0.05, 0.1) is 6.26 Å². The molecule has 3 rings (SSSR count). The minimum absolute atomic E-state index is 0.261. The van der Waals surface area contributed by atoms with Crippen molar-refractivity contribution in [1.82, 2.24) is 0 Å². The van der Waals surface area contributed by atoms with E-state index in [1.54, 1.807) is 18.4 Å². The summed E-state index contributed by atoms with van der Waals surface area (Å²) >= 11 is 0. The Kier molecular flexibility index (Phi) is 4.93. The van der Waals surface area contributed by atoms with E-state index in [0.29, 0.717) is 0 Å². The van der Waals surface area contributed by atoms with Crippen LogP contribution < -0.4 is 16.9 Å². The Hall–Kier alpha value is -3.28. The molecule has 5 N–H and O–H groups in total. The Morgan fingerprint density at radius 1 is 1.31 bits per heavy atom. The summed E-state index contributed by atoms with van der Waals surface area (Å²) < 4.78 is 5.66. The van der Waals surface area contributed by atoms with E-state index in [4.69, 9.17) is 16.0 Å². The van der Waals surface area contributed by atoms with Crippen LogP contribution in [0.3, 0.4) is 0 Å². The number of carbonyl (C=O) groups excluding carboxylic acids is 1. The number of carbonyl (C=O) groups is 1. The van der Waals surface area contributed by atoms with Crippen LogP contribution >= 0.6 is 0 Å². The minimum Gasteiger partial charge on any atom is -0.464 e. The molecule has 6 nitrogen and oxygen atoms in total. The highest BCUT2D eigenvalue weighted by molar-refractivity contribution is 5.97. The van der Waals surface area contributed by atoms with Gasteiger partial charge in [0.1, 0.15) is 23.7 Å². The molecule has 0 radical (unpaired) electrons. The molecule has 0 aliphatic carbocycles. The number of hydrogen-bond donors (Lipinski definition) is 3. The number of aldehydes is 1. The third kappa shape index (κ3) is 3.26. The van der Waals surface area contributed by atoms with Crippen molar-refractivity contribution >= 4 is 28.8 Å². The van der Waals surface area contributed by atoms with Crippen LogP contribution in [-0.4, -0.2) is 12.1 Å². The van der Waals surface area contributed by atoms with Crippen molar-refractivity contribution in [1.29, 1.82) is 0 Å². The molecule has 0 aliphatic rings. The average Bonchev–Trinajstić information content (AvgIpc) is 3.06. The number of nitrogens with zero attached hydrogens (tertiary/aromatic N) is 1. The number of aryl methyl sites for hydroxylation is 2. The summed E-state index contributed by atoms with van der Waals surface area (Å²) in [6.45, 7) is 4.07. The highest BCUT2D eigenvalue weighted by atomic mass is 16.3. The summed E-state index contributed by atoms with van der Waals surface area (Å²) in [6, 6.07) is 10.8. The van der Waals surface area contributed by atoms with Gasteiger partial charge in [-0.15, -0.1) is 0 Å². The molecular formula is C20H22N4O2. The van der Waals surface area contributed by atoms with Gasteiger partial charge in [-0.25, -0.2) is 0 Å². The summed E-state index contributed by atoms with van der Waals surface area (Å²) in [7, 11) is 0. The fourth-order valence-electron chi connectivity index (χ4n) is 2.99. The first-order chi connectivity index (χ1) is 12.6. The average molecular weight is 350 g/mol. The number of amidine groups is 1. The van der Waals surface area contributed by atoms with Crippen LogP contribution in [-0.2, 0) is 11.2 Å². The predicted octanol–water partition coefficient (Wildman–Crippen LogP) is 3.23. The molecule has 0 aliphatic heterocycles. The van der Waals surface area contributed by atoms with E-state index in [1.165, 1.54) is 0 Å². The fourth-order valence-corrected chi connectivity index (χ4v) is 2.99. The van der Waals surface area contributed by atoms with Gasteiger partial charge in [0.15, 0.2) is 0 Å². The fraction of sp³-hybridized carbons (Fsp3) is 0.200. The molecule has 0 saturated heterocycles. The van der Waals surface area contributed by atoms with Crippen LogP contribution in [0, 0.1) is 6.92 Å². The number of hydrogen-bond acceptors (Lipinski definition) is 5.